The Morgan fingerprint density at radius 3 is 1.67 bits per heavy atom. The number of fused-ring (bicyclic) bond motifs is 2. The van der Waals surface area contributed by atoms with Gasteiger partial charge in [-0.05, 0) is 51.9 Å². The van der Waals surface area contributed by atoms with Gasteiger partial charge in [0.15, 0.2) is 19.7 Å². The molecule has 238 valence electrons. The normalized spacial score (nSPS) is 24.8. The van der Waals surface area contributed by atoms with Crippen LogP contribution < -0.4 is 15.8 Å². The van der Waals surface area contributed by atoms with Crippen molar-refractivity contribution in [3.05, 3.63) is 23.3 Å². The van der Waals surface area contributed by atoms with Crippen molar-refractivity contribution in [1.29, 1.82) is 0 Å². The molecule has 19 heteroatoms. The predicted octanol–water partition coefficient (Wildman–Crippen LogP) is 1.86. The third-order valence-electron chi connectivity index (χ3n) is 6.72. The minimum absolute atomic E-state index is 0.0406. The van der Waals surface area contributed by atoms with E-state index in [0.717, 1.165) is 22.7 Å². The molecule has 2 aliphatic heterocycles. The first-order valence-corrected chi connectivity index (χ1v) is 20.7. The summed E-state index contributed by atoms with van der Waals surface area (Å²) in [5.41, 5.74) is 1.06. The van der Waals surface area contributed by atoms with E-state index in [1.807, 2.05) is 13.8 Å². The van der Waals surface area contributed by atoms with Gasteiger partial charge >= 0.3 is 0 Å². The molecule has 0 saturated heterocycles. The second-order valence-electron chi connectivity index (χ2n) is 10.2. The summed E-state index contributed by atoms with van der Waals surface area (Å²) in [4.78, 5) is 1.51. The molecule has 4 atom stereocenters. The second kappa shape index (κ2) is 12.9. The molecule has 42 heavy (non-hydrogen) atoms. The average Bonchev–Trinajstić information content (AvgIpc) is 3.53. The minimum atomic E-state index is -3.90. The molecule has 2 aromatic rings. The van der Waals surface area contributed by atoms with Crippen LogP contribution in [0.5, 0.6) is 0 Å². The first-order valence-electron chi connectivity index (χ1n) is 13.0. The van der Waals surface area contributed by atoms with E-state index in [1.165, 1.54) is 23.4 Å². The highest BCUT2D eigenvalue weighted by atomic mass is 32.3. The lowest BCUT2D eigenvalue weighted by atomic mass is 10.1. The van der Waals surface area contributed by atoms with E-state index in [9.17, 15) is 33.7 Å². The Labute approximate surface area is 256 Å². The van der Waals surface area contributed by atoms with Gasteiger partial charge in [-0.15, -0.1) is 27.1 Å². The molecule has 4 N–H and O–H groups in total. The van der Waals surface area contributed by atoms with Crippen molar-refractivity contribution in [1.82, 2.24) is 15.5 Å². The van der Waals surface area contributed by atoms with Crippen molar-refractivity contribution < 1.29 is 33.7 Å². The summed E-state index contributed by atoms with van der Waals surface area (Å²) in [5.74, 6) is 0. The molecule has 0 unspecified atom stereocenters. The van der Waals surface area contributed by atoms with Crippen molar-refractivity contribution in [2.24, 2.45) is 9.54 Å². The third-order valence-corrected chi connectivity index (χ3v) is 17.6. The van der Waals surface area contributed by atoms with Crippen molar-refractivity contribution in [3.63, 3.8) is 0 Å². The SMILES string of the molecule is CCN[C@H]1C[C@H](C)S(=O)(=O)c2sc(S(=O)(=O)N=CN(C)C)cc21.CCN[C@H]1C[C@H](C)S(=O)(=O)c2sc(S(N)(=O)=O)cc21. The molecule has 0 spiro atoms. The summed E-state index contributed by atoms with van der Waals surface area (Å²) < 4.78 is 101. The number of primary sulfonamides is 1. The van der Waals surface area contributed by atoms with Gasteiger partial charge in [-0.1, -0.05) is 13.8 Å². The summed E-state index contributed by atoms with van der Waals surface area (Å²) in [5, 5.41) is 10.4. The van der Waals surface area contributed by atoms with Crippen LogP contribution >= 0.6 is 22.7 Å². The van der Waals surface area contributed by atoms with E-state index >= 15 is 0 Å². The van der Waals surface area contributed by atoms with Gasteiger partial charge in [0.1, 0.15) is 23.2 Å². The fourth-order valence-corrected chi connectivity index (χ4v) is 13.9. The minimum Gasteiger partial charge on any atom is -0.368 e. The van der Waals surface area contributed by atoms with Crippen LogP contribution in [0.2, 0.25) is 0 Å². The molecule has 4 heterocycles. The lowest BCUT2D eigenvalue weighted by Gasteiger charge is -2.27. The van der Waals surface area contributed by atoms with Crippen LogP contribution in [0.15, 0.2) is 33.4 Å². The van der Waals surface area contributed by atoms with Crippen molar-refractivity contribution in [2.45, 2.75) is 80.0 Å². The lowest BCUT2D eigenvalue weighted by Crippen LogP contribution is -2.33. The lowest BCUT2D eigenvalue weighted by molar-refractivity contribution is 0.477. The molecular weight excluding hydrogens is 667 g/mol. The van der Waals surface area contributed by atoms with Crippen LogP contribution in [0, 0.1) is 0 Å². The van der Waals surface area contributed by atoms with Crippen molar-refractivity contribution in [2.75, 3.05) is 27.2 Å². The first kappa shape index (κ1) is 35.0. The Balaban J connectivity index is 0.000000235. The van der Waals surface area contributed by atoms with Gasteiger partial charge in [0.25, 0.3) is 10.0 Å². The van der Waals surface area contributed by atoms with E-state index in [2.05, 4.69) is 15.0 Å². The Morgan fingerprint density at radius 1 is 0.881 bits per heavy atom. The maximum atomic E-state index is 12.5. The topological polar surface area (TPSA) is 202 Å². The quantitative estimate of drug-likeness (QED) is 0.268. The van der Waals surface area contributed by atoms with E-state index in [0.29, 0.717) is 37.1 Å². The smallest absolute Gasteiger partial charge is 0.293 e. The van der Waals surface area contributed by atoms with Gasteiger partial charge in [0.05, 0.1) is 10.5 Å². The number of thiophene rings is 2. The van der Waals surface area contributed by atoms with Gasteiger partial charge in [-0.2, -0.15) is 8.42 Å². The first-order chi connectivity index (χ1) is 19.3. The van der Waals surface area contributed by atoms with Gasteiger partial charge in [0, 0.05) is 37.3 Å². The van der Waals surface area contributed by atoms with E-state index in [-0.39, 0.29) is 28.9 Å². The van der Waals surface area contributed by atoms with Gasteiger partial charge < -0.3 is 15.5 Å². The van der Waals surface area contributed by atoms with Crippen LogP contribution in [0.3, 0.4) is 0 Å². The number of sulfonamides is 2. The van der Waals surface area contributed by atoms with E-state index in [4.69, 9.17) is 5.14 Å². The molecule has 0 aromatic carbocycles. The highest BCUT2D eigenvalue weighted by molar-refractivity contribution is 7.96. The zero-order valence-electron chi connectivity index (χ0n) is 24.1. The summed E-state index contributed by atoms with van der Waals surface area (Å²) in [6, 6.07) is 2.52. The van der Waals surface area contributed by atoms with Crippen molar-refractivity contribution >= 4 is 68.7 Å². The highest BCUT2D eigenvalue weighted by Crippen LogP contribution is 2.44. The summed E-state index contributed by atoms with van der Waals surface area (Å²) in [6.45, 7) is 8.49. The second-order valence-corrected chi connectivity index (χ2v) is 21.1. The number of hydrogen-bond acceptors (Lipinski definition) is 12. The van der Waals surface area contributed by atoms with Crippen LogP contribution in [0.25, 0.3) is 0 Å². The number of nitrogens with two attached hydrogens (primary N) is 1. The number of hydrogen-bond donors (Lipinski definition) is 3. The summed E-state index contributed by atoms with van der Waals surface area (Å²) in [6.07, 6.45) is 2.05. The average molecular weight is 704 g/mol. The Hall–Kier alpha value is -1.45. The van der Waals surface area contributed by atoms with E-state index < -0.39 is 50.2 Å². The number of nitrogens with one attached hydrogen (secondary N) is 2. The van der Waals surface area contributed by atoms with E-state index in [1.54, 1.807) is 27.9 Å². The van der Waals surface area contributed by atoms with Crippen LogP contribution in [0.1, 0.15) is 63.7 Å². The Morgan fingerprint density at radius 2 is 1.29 bits per heavy atom. The molecule has 0 amide bonds. The fraction of sp³-hybridized carbons (Fsp3) is 0.609. The van der Waals surface area contributed by atoms with Crippen LogP contribution in [-0.4, -0.2) is 82.6 Å². The van der Waals surface area contributed by atoms with Crippen LogP contribution in [0.4, 0.5) is 0 Å². The molecule has 0 radical (unpaired) electrons. The highest BCUT2D eigenvalue weighted by Gasteiger charge is 2.40. The fourth-order valence-electron chi connectivity index (χ4n) is 4.55. The number of rotatable bonds is 8. The third kappa shape index (κ3) is 7.26. The Bertz CT molecular complexity index is 1760. The molecular formula is C23H37N5O8S6. The predicted molar refractivity (Wildman–Crippen MR) is 165 cm³/mol. The molecule has 2 aromatic heterocycles. The maximum absolute atomic E-state index is 12.5. The van der Waals surface area contributed by atoms with Crippen molar-refractivity contribution in [3.8, 4) is 0 Å². The standard InChI is InChI=1S/C13H21N3O4S3.C10H16N2O4S3/c1-5-14-11-6-9(2)22(17,18)13-10(11)7-12(21-13)23(19,20)15-8-16(3)4;1-3-12-8-4-6(2)18(13,14)10-7(8)5-9(17-10)19(11,15)16/h7-9,11,14H,5-6H2,1-4H3;5-6,8,12H,3-4H2,1-2H3,(H2,11,15,16)/t9-,11-;6-,8-/m00/s1. The molecule has 0 bridgehead atoms. The zero-order chi connectivity index (χ0) is 31.8. The van der Waals surface area contributed by atoms with Gasteiger partial charge in [-0.3, -0.25) is 0 Å². The summed E-state index contributed by atoms with van der Waals surface area (Å²) in [7, 11) is -11.4. The Kier molecular flexibility index (Phi) is 10.7. The largest absolute Gasteiger partial charge is 0.368 e. The van der Waals surface area contributed by atoms with Gasteiger partial charge in [0.2, 0.25) is 10.0 Å². The zero-order valence-corrected chi connectivity index (χ0v) is 29.0. The molecule has 0 saturated carbocycles. The number of sulfone groups is 2. The van der Waals surface area contributed by atoms with Crippen LogP contribution in [-0.2, 0) is 39.7 Å². The molecule has 0 fully saturated rings. The molecule has 2 aliphatic rings. The van der Waals surface area contributed by atoms with Gasteiger partial charge in [-0.25, -0.2) is 30.4 Å². The number of nitrogens with zero attached hydrogens (tertiary/aromatic N) is 2. The summed E-state index contributed by atoms with van der Waals surface area (Å²) >= 11 is 1.53. The molecule has 0 aliphatic carbocycles. The maximum Gasteiger partial charge on any atom is 0.293 e. The monoisotopic (exact) mass is 703 g/mol. The molecule has 4 rings (SSSR count). The molecule has 13 nitrogen and oxygen atoms in total.